The molecule has 4 atom stereocenters. The first-order valence-corrected chi connectivity index (χ1v) is 12.2. The van der Waals surface area contributed by atoms with Crippen LogP contribution in [0.15, 0.2) is 30.3 Å². The van der Waals surface area contributed by atoms with Crippen molar-refractivity contribution in [1.82, 2.24) is 15.5 Å². The number of ketones is 1. The van der Waals surface area contributed by atoms with Crippen LogP contribution in [0.4, 0.5) is 0 Å². The zero-order valence-electron chi connectivity index (χ0n) is 18.6. The van der Waals surface area contributed by atoms with Gasteiger partial charge in [0.15, 0.2) is 0 Å². The minimum atomic E-state index is 0.0502. The summed E-state index contributed by atoms with van der Waals surface area (Å²) < 4.78 is 0. The number of carbonyl (C=O) groups is 2. The topological polar surface area (TPSA) is 87.5 Å². The third kappa shape index (κ3) is 5.54. The first-order valence-electron chi connectivity index (χ1n) is 12.2. The van der Waals surface area contributed by atoms with Gasteiger partial charge in [-0.15, -0.1) is 0 Å². The van der Waals surface area contributed by atoms with Gasteiger partial charge in [0.2, 0.25) is 0 Å². The van der Waals surface area contributed by atoms with E-state index in [4.69, 9.17) is 5.73 Å². The zero-order chi connectivity index (χ0) is 21.6. The molecule has 170 valence electrons. The molecule has 31 heavy (non-hydrogen) atoms. The number of nitrogens with one attached hydrogen (secondary N) is 2. The van der Waals surface area contributed by atoms with Crippen LogP contribution in [-0.4, -0.2) is 60.9 Å². The van der Waals surface area contributed by atoms with E-state index in [2.05, 4.69) is 15.5 Å². The monoisotopic (exact) mass is 426 g/mol. The lowest BCUT2D eigenvalue weighted by Crippen LogP contribution is -2.52. The van der Waals surface area contributed by atoms with Gasteiger partial charge in [0.05, 0.1) is 6.54 Å². The summed E-state index contributed by atoms with van der Waals surface area (Å²) in [6.45, 7) is 3.13. The zero-order valence-corrected chi connectivity index (χ0v) is 18.6. The molecule has 3 fully saturated rings. The summed E-state index contributed by atoms with van der Waals surface area (Å²) in [5.41, 5.74) is 6.37. The van der Waals surface area contributed by atoms with Gasteiger partial charge >= 0.3 is 0 Å². The Morgan fingerprint density at radius 2 is 1.71 bits per heavy atom. The molecule has 1 aromatic rings. The minimum Gasteiger partial charge on any atom is -0.349 e. The van der Waals surface area contributed by atoms with Gasteiger partial charge < -0.3 is 16.4 Å². The van der Waals surface area contributed by atoms with E-state index in [0.29, 0.717) is 18.0 Å². The summed E-state index contributed by atoms with van der Waals surface area (Å²) in [6, 6.07) is 10.9. The smallest absolute Gasteiger partial charge is 0.251 e. The Labute approximate surface area is 186 Å². The maximum Gasteiger partial charge on any atom is 0.251 e. The predicted molar refractivity (Wildman–Crippen MR) is 123 cm³/mol. The first kappa shape index (κ1) is 22.4. The third-order valence-electron chi connectivity index (χ3n) is 7.73. The van der Waals surface area contributed by atoms with Gasteiger partial charge in [0.1, 0.15) is 5.78 Å². The Morgan fingerprint density at radius 1 is 1.00 bits per heavy atom. The lowest BCUT2D eigenvalue weighted by molar-refractivity contribution is -0.124. The second-order valence-electron chi connectivity index (χ2n) is 9.66. The van der Waals surface area contributed by atoms with Crippen LogP contribution in [0.3, 0.4) is 0 Å². The quantitative estimate of drug-likeness (QED) is 0.528. The highest BCUT2D eigenvalue weighted by Crippen LogP contribution is 2.35. The van der Waals surface area contributed by atoms with Crippen LogP contribution in [0.25, 0.3) is 0 Å². The number of hydrogen-bond acceptors (Lipinski definition) is 5. The molecule has 2 saturated heterocycles. The molecule has 3 aliphatic rings. The van der Waals surface area contributed by atoms with Crippen molar-refractivity contribution in [2.24, 2.45) is 17.6 Å². The fourth-order valence-corrected chi connectivity index (χ4v) is 6.14. The molecule has 2 bridgehead atoms. The molecule has 1 saturated carbocycles. The molecule has 4 rings (SSSR count). The highest BCUT2D eigenvalue weighted by Gasteiger charge is 2.40. The van der Waals surface area contributed by atoms with Gasteiger partial charge in [-0.05, 0) is 63.1 Å². The predicted octanol–water partition coefficient (Wildman–Crippen LogP) is 2.34. The van der Waals surface area contributed by atoms with Crippen LogP contribution in [0.1, 0.15) is 61.7 Å². The Hall–Kier alpha value is -1.76. The Kier molecular flexibility index (Phi) is 7.75. The van der Waals surface area contributed by atoms with Gasteiger partial charge in [-0.3, -0.25) is 14.5 Å². The van der Waals surface area contributed by atoms with E-state index in [1.165, 1.54) is 19.3 Å². The van der Waals surface area contributed by atoms with Crippen molar-refractivity contribution in [2.75, 3.05) is 26.2 Å². The molecule has 0 aromatic heterocycles. The van der Waals surface area contributed by atoms with Gasteiger partial charge in [-0.25, -0.2) is 0 Å². The summed E-state index contributed by atoms with van der Waals surface area (Å²) in [4.78, 5) is 27.3. The van der Waals surface area contributed by atoms with Crippen molar-refractivity contribution in [3.05, 3.63) is 35.9 Å². The van der Waals surface area contributed by atoms with Gasteiger partial charge in [0.25, 0.3) is 5.91 Å². The largest absolute Gasteiger partial charge is 0.349 e. The normalized spacial score (nSPS) is 30.8. The number of benzene rings is 1. The van der Waals surface area contributed by atoms with Crippen molar-refractivity contribution in [2.45, 2.75) is 69.5 Å². The standard InChI is InChI=1S/C25H38N4O2/c26-16-24(30)23-9-5-4-8-19(23)17-27-12-13-29-21-10-11-22(29)15-20(14-21)28-25(31)18-6-2-1-3-7-18/h1-3,6-7,19-23,27H,4-5,8-17,26H2,(H,28,31). The van der Waals surface area contributed by atoms with Crippen LogP contribution < -0.4 is 16.4 Å². The van der Waals surface area contributed by atoms with Crippen LogP contribution in [0, 0.1) is 11.8 Å². The Morgan fingerprint density at radius 3 is 2.42 bits per heavy atom. The molecule has 0 spiro atoms. The first-order chi connectivity index (χ1) is 15.2. The SMILES string of the molecule is NCC(=O)C1CCCCC1CNCCN1C2CCC1CC(NC(=O)c1ccccc1)C2. The van der Waals surface area contributed by atoms with Gasteiger partial charge in [0, 0.05) is 42.7 Å². The van der Waals surface area contributed by atoms with E-state index < -0.39 is 0 Å². The van der Waals surface area contributed by atoms with Crippen molar-refractivity contribution < 1.29 is 9.59 Å². The number of fused-ring (bicyclic) bond motifs is 2. The average molecular weight is 427 g/mol. The van der Waals surface area contributed by atoms with Crippen LogP contribution in [0.2, 0.25) is 0 Å². The number of carbonyl (C=O) groups excluding carboxylic acids is 2. The van der Waals surface area contributed by atoms with E-state index in [0.717, 1.165) is 57.3 Å². The number of hydrogen-bond donors (Lipinski definition) is 3. The van der Waals surface area contributed by atoms with Crippen LogP contribution >= 0.6 is 0 Å². The van der Waals surface area contributed by atoms with E-state index in [1.54, 1.807) is 0 Å². The molecule has 1 amide bonds. The second-order valence-corrected chi connectivity index (χ2v) is 9.66. The number of amides is 1. The highest BCUT2D eigenvalue weighted by molar-refractivity contribution is 5.94. The molecule has 1 aliphatic carbocycles. The number of nitrogens with zero attached hydrogens (tertiary/aromatic N) is 1. The van der Waals surface area contributed by atoms with E-state index in [1.807, 2.05) is 30.3 Å². The molecule has 4 unspecified atom stereocenters. The van der Waals surface area contributed by atoms with Gasteiger partial charge in [-0.1, -0.05) is 31.0 Å². The van der Waals surface area contributed by atoms with Crippen molar-refractivity contribution >= 4 is 11.7 Å². The molecular weight excluding hydrogens is 388 g/mol. The van der Waals surface area contributed by atoms with Crippen LogP contribution in [0.5, 0.6) is 0 Å². The van der Waals surface area contributed by atoms with E-state index >= 15 is 0 Å². The molecule has 6 nitrogen and oxygen atoms in total. The average Bonchev–Trinajstić information content (AvgIpc) is 3.04. The van der Waals surface area contributed by atoms with Crippen molar-refractivity contribution in [3.8, 4) is 0 Å². The van der Waals surface area contributed by atoms with E-state index in [9.17, 15) is 9.59 Å². The lowest BCUT2D eigenvalue weighted by atomic mass is 9.77. The molecule has 2 heterocycles. The molecule has 1 aromatic carbocycles. The lowest BCUT2D eigenvalue weighted by Gasteiger charge is -2.39. The summed E-state index contributed by atoms with van der Waals surface area (Å²) in [5, 5.41) is 6.91. The van der Waals surface area contributed by atoms with Crippen molar-refractivity contribution in [3.63, 3.8) is 0 Å². The molecule has 4 N–H and O–H groups in total. The second kappa shape index (κ2) is 10.7. The Balaban J connectivity index is 1.21. The molecular formula is C25H38N4O2. The van der Waals surface area contributed by atoms with Crippen LogP contribution in [-0.2, 0) is 4.79 Å². The summed E-state index contributed by atoms with van der Waals surface area (Å²) in [5.74, 6) is 0.894. The maximum absolute atomic E-state index is 12.5. The minimum absolute atomic E-state index is 0.0502. The molecule has 2 aliphatic heterocycles. The fraction of sp³-hybridized carbons (Fsp3) is 0.680. The number of piperidine rings is 1. The number of nitrogens with two attached hydrogens (primary N) is 1. The fourth-order valence-electron chi connectivity index (χ4n) is 6.14. The van der Waals surface area contributed by atoms with Crippen molar-refractivity contribution in [1.29, 1.82) is 0 Å². The highest BCUT2D eigenvalue weighted by atomic mass is 16.1. The molecule has 0 radical (unpaired) electrons. The molecule has 6 heteroatoms. The summed E-state index contributed by atoms with van der Waals surface area (Å²) in [6.07, 6.45) is 9.10. The van der Waals surface area contributed by atoms with E-state index in [-0.39, 0.29) is 30.2 Å². The van der Waals surface area contributed by atoms with Gasteiger partial charge in [-0.2, -0.15) is 0 Å². The Bertz CT molecular complexity index is 726. The number of rotatable bonds is 9. The summed E-state index contributed by atoms with van der Waals surface area (Å²) in [7, 11) is 0. The maximum atomic E-state index is 12.5. The summed E-state index contributed by atoms with van der Waals surface area (Å²) >= 11 is 0. The number of Topliss-reactive ketones (excluding diaryl/α,β-unsaturated/α-hetero) is 1. The third-order valence-corrected chi connectivity index (χ3v) is 7.73.